The summed E-state index contributed by atoms with van der Waals surface area (Å²) in [4.78, 5) is 16.1. The second kappa shape index (κ2) is 4.95. The number of nitrogens with one attached hydrogen (secondary N) is 1. The number of halogens is 1. The number of hydrazine groups is 1. The molecule has 1 aromatic carbocycles. The number of benzene rings is 1. The number of nitrogens with zero attached hydrogens (tertiary/aromatic N) is 1. The Bertz CT molecular complexity index is 328. The van der Waals surface area contributed by atoms with E-state index in [1.54, 1.807) is 38.4 Å². The summed E-state index contributed by atoms with van der Waals surface area (Å²) in [7, 11) is 3.43. The molecule has 0 aliphatic heterocycles. The Kier molecular flexibility index (Phi) is 3.88. The molecule has 0 aliphatic rings. The average Bonchev–Trinajstić information content (AvgIpc) is 2.14. The van der Waals surface area contributed by atoms with Crippen molar-refractivity contribution in [2.24, 2.45) is 0 Å². The molecular formula is C9H11ClN2O2. The zero-order chi connectivity index (χ0) is 10.6. The van der Waals surface area contributed by atoms with Crippen molar-refractivity contribution in [1.29, 1.82) is 0 Å². The zero-order valence-electron chi connectivity index (χ0n) is 7.95. The van der Waals surface area contributed by atoms with Crippen LogP contribution in [0, 0.1) is 0 Å². The first-order chi connectivity index (χ1) is 6.59. The summed E-state index contributed by atoms with van der Waals surface area (Å²) in [5.74, 6) is -0.471. The van der Waals surface area contributed by atoms with Crippen molar-refractivity contribution in [1.82, 2.24) is 10.6 Å². The van der Waals surface area contributed by atoms with Crippen molar-refractivity contribution < 1.29 is 9.63 Å². The first-order valence-corrected chi connectivity index (χ1v) is 4.37. The third-order valence-corrected chi connectivity index (χ3v) is 1.62. The molecule has 0 radical (unpaired) electrons. The molecule has 0 heterocycles. The van der Waals surface area contributed by atoms with Crippen molar-refractivity contribution in [3.8, 4) is 0 Å². The van der Waals surface area contributed by atoms with E-state index in [0.717, 1.165) is 0 Å². The fourth-order valence-electron chi connectivity index (χ4n) is 0.807. The monoisotopic (exact) mass is 214 g/mol. The van der Waals surface area contributed by atoms with E-state index in [0.29, 0.717) is 10.6 Å². The minimum absolute atomic E-state index is 0.409. The molecule has 0 aromatic heterocycles. The molecule has 76 valence electrons. The van der Waals surface area contributed by atoms with Crippen LogP contribution < -0.4 is 5.59 Å². The van der Waals surface area contributed by atoms with Crippen LogP contribution in [0.1, 0.15) is 10.4 Å². The van der Waals surface area contributed by atoms with Gasteiger partial charge in [-0.3, -0.25) is 0 Å². The van der Waals surface area contributed by atoms with Gasteiger partial charge in [-0.25, -0.2) is 9.80 Å². The molecule has 0 spiro atoms. The lowest BCUT2D eigenvalue weighted by Crippen LogP contribution is -2.32. The maximum atomic E-state index is 11.3. The lowest BCUT2D eigenvalue weighted by Gasteiger charge is -2.10. The molecule has 1 aromatic rings. The van der Waals surface area contributed by atoms with Crippen LogP contribution in [0.5, 0.6) is 0 Å². The summed E-state index contributed by atoms with van der Waals surface area (Å²) in [5, 5.41) is 2.02. The van der Waals surface area contributed by atoms with Gasteiger partial charge in [0.1, 0.15) is 0 Å². The van der Waals surface area contributed by atoms with Gasteiger partial charge in [0.2, 0.25) is 0 Å². The standard InChI is InChI=1S/C9H11ClN2O2/c1-12(2)11-14-9(13)7-4-3-5-8(10)6-7/h3-6,11H,1-2H3. The molecule has 0 amide bonds. The second-order valence-electron chi connectivity index (χ2n) is 2.89. The molecule has 0 saturated carbocycles. The van der Waals surface area contributed by atoms with Gasteiger partial charge in [0, 0.05) is 19.1 Å². The van der Waals surface area contributed by atoms with Crippen LogP contribution in [0.2, 0.25) is 5.02 Å². The summed E-state index contributed by atoms with van der Waals surface area (Å²) < 4.78 is 0. The molecule has 0 atom stereocenters. The van der Waals surface area contributed by atoms with Gasteiger partial charge in [0.05, 0.1) is 5.56 Å². The Morgan fingerprint density at radius 3 is 2.79 bits per heavy atom. The number of carbonyl (C=O) groups excluding carboxylic acids is 1. The predicted octanol–water partition coefficient (Wildman–Crippen LogP) is 1.48. The summed E-state index contributed by atoms with van der Waals surface area (Å²) in [6.45, 7) is 0. The lowest BCUT2D eigenvalue weighted by molar-refractivity contribution is -0.0296. The lowest BCUT2D eigenvalue weighted by atomic mass is 10.2. The van der Waals surface area contributed by atoms with Gasteiger partial charge in [0.25, 0.3) is 0 Å². The van der Waals surface area contributed by atoms with E-state index in [1.807, 2.05) is 0 Å². The molecular weight excluding hydrogens is 204 g/mol. The van der Waals surface area contributed by atoms with Crippen molar-refractivity contribution in [3.05, 3.63) is 34.9 Å². The number of carbonyl (C=O) groups is 1. The number of hydrogen-bond acceptors (Lipinski definition) is 4. The van der Waals surface area contributed by atoms with Crippen LogP contribution in [0.3, 0.4) is 0 Å². The van der Waals surface area contributed by atoms with E-state index in [-0.39, 0.29) is 0 Å². The quantitative estimate of drug-likeness (QED) is 0.774. The molecule has 0 unspecified atom stereocenters. The predicted molar refractivity (Wildman–Crippen MR) is 53.7 cm³/mol. The topological polar surface area (TPSA) is 41.6 Å². The Hall–Kier alpha value is -1.10. The van der Waals surface area contributed by atoms with E-state index >= 15 is 0 Å². The van der Waals surface area contributed by atoms with Crippen molar-refractivity contribution in [2.45, 2.75) is 0 Å². The Morgan fingerprint density at radius 2 is 2.21 bits per heavy atom. The molecule has 4 nitrogen and oxygen atoms in total. The molecule has 5 heteroatoms. The van der Waals surface area contributed by atoms with Gasteiger partial charge in [-0.15, -0.1) is 0 Å². The fraction of sp³-hybridized carbons (Fsp3) is 0.222. The molecule has 14 heavy (non-hydrogen) atoms. The highest BCUT2D eigenvalue weighted by Crippen LogP contribution is 2.10. The SMILES string of the molecule is CN(C)NOC(=O)c1cccc(Cl)c1. The minimum Gasteiger partial charge on any atom is -0.351 e. The fourth-order valence-corrected chi connectivity index (χ4v) is 0.997. The minimum atomic E-state index is -0.471. The number of hydrogen-bond donors (Lipinski definition) is 1. The molecule has 0 saturated heterocycles. The zero-order valence-corrected chi connectivity index (χ0v) is 8.71. The summed E-state index contributed by atoms with van der Waals surface area (Å²) in [6.07, 6.45) is 0. The smallest absolute Gasteiger partial charge is 0.351 e. The van der Waals surface area contributed by atoms with E-state index in [4.69, 9.17) is 16.4 Å². The molecule has 0 aliphatic carbocycles. The molecule has 1 rings (SSSR count). The third kappa shape index (κ3) is 3.33. The molecule has 1 N–H and O–H groups in total. The van der Waals surface area contributed by atoms with Crippen molar-refractivity contribution >= 4 is 17.6 Å². The third-order valence-electron chi connectivity index (χ3n) is 1.38. The van der Waals surface area contributed by atoms with Crippen LogP contribution in [-0.4, -0.2) is 25.1 Å². The van der Waals surface area contributed by atoms with Crippen LogP contribution in [0.4, 0.5) is 0 Å². The number of rotatable bonds is 3. The van der Waals surface area contributed by atoms with Gasteiger partial charge in [-0.2, -0.15) is 0 Å². The molecule has 0 bridgehead atoms. The van der Waals surface area contributed by atoms with Crippen LogP contribution >= 0.6 is 11.6 Å². The van der Waals surface area contributed by atoms with Crippen LogP contribution in [0.15, 0.2) is 24.3 Å². The molecule has 0 fully saturated rings. The van der Waals surface area contributed by atoms with Gasteiger partial charge in [-0.05, 0) is 18.2 Å². The summed E-state index contributed by atoms with van der Waals surface area (Å²) in [5.41, 5.74) is 2.81. The maximum Gasteiger partial charge on any atom is 0.358 e. The maximum absolute atomic E-state index is 11.3. The first kappa shape index (κ1) is 11.0. The normalized spacial score (nSPS) is 10.3. The van der Waals surface area contributed by atoms with Gasteiger partial charge in [0.15, 0.2) is 0 Å². The van der Waals surface area contributed by atoms with Gasteiger partial charge >= 0.3 is 5.97 Å². The Morgan fingerprint density at radius 1 is 1.50 bits per heavy atom. The van der Waals surface area contributed by atoms with E-state index in [1.165, 1.54) is 5.01 Å². The Balaban J connectivity index is 2.61. The summed E-state index contributed by atoms with van der Waals surface area (Å²) in [6, 6.07) is 6.55. The highest BCUT2D eigenvalue weighted by atomic mass is 35.5. The van der Waals surface area contributed by atoms with E-state index in [9.17, 15) is 4.79 Å². The van der Waals surface area contributed by atoms with Crippen LogP contribution in [-0.2, 0) is 4.84 Å². The largest absolute Gasteiger partial charge is 0.358 e. The van der Waals surface area contributed by atoms with E-state index in [2.05, 4.69) is 5.59 Å². The highest BCUT2D eigenvalue weighted by Gasteiger charge is 2.07. The van der Waals surface area contributed by atoms with E-state index < -0.39 is 5.97 Å². The first-order valence-electron chi connectivity index (χ1n) is 3.99. The second-order valence-corrected chi connectivity index (χ2v) is 3.32. The Labute approximate surface area is 87.3 Å². The highest BCUT2D eigenvalue weighted by molar-refractivity contribution is 6.30. The van der Waals surface area contributed by atoms with Crippen LogP contribution in [0.25, 0.3) is 0 Å². The summed E-state index contributed by atoms with van der Waals surface area (Å²) >= 11 is 5.71. The van der Waals surface area contributed by atoms with Gasteiger partial charge in [-0.1, -0.05) is 23.3 Å². The average molecular weight is 215 g/mol. The van der Waals surface area contributed by atoms with Gasteiger partial charge < -0.3 is 4.84 Å². The van der Waals surface area contributed by atoms with Crippen molar-refractivity contribution in [3.63, 3.8) is 0 Å². The van der Waals surface area contributed by atoms with Crippen molar-refractivity contribution in [2.75, 3.05) is 14.1 Å².